The maximum atomic E-state index is 13.0. The molecule has 1 unspecified atom stereocenters. The third-order valence-corrected chi connectivity index (χ3v) is 9.34. The van der Waals surface area contributed by atoms with Gasteiger partial charge in [0, 0.05) is 31.1 Å². The number of ether oxygens (including phenoxy) is 1. The van der Waals surface area contributed by atoms with Crippen LogP contribution in [0.3, 0.4) is 0 Å². The summed E-state index contributed by atoms with van der Waals surface area (Å²) in [6.45, 7) is 6.44. The standard InChI is InChI=1S/C29H42N2O3/c1-21-6-2-3-7-25(21)29(33)31-18-14-23(15-19-31)30-16-12-22(13-17-30)26-11-10-24(32)20-34-28-9-5-4-8-27(26)28/h2-3,6-7,22-23,26-28H,4-5,8-20H2,1H3/t26?,27-,28+/m1/s1. The van der Waals surface area contributed by atoms with Crippen LogP contribution in [0, 0.1) is 24.7 Å². The molecular weight excluding hydrogens is 424 g/mol. The van der Waals surface area contributed by atoms with E-state index in [0.717, 1.165) is 55.8 Å². The van der Waals surface area contributed by atoms with Crippen LogP contribution >= 0.6 is 0 Å². The number of aryl methyl sites for hydroxylation is 1. The summed E-state index contributed by atoms with van der Waals surface area (Å²) in [6, 6.07) is 8.55. The lowest BCUT2D eigenvalue weighted by molar-refractivity contribution is -0.134. The van der Waals surface area contributed by atoms with E-state index >= 15 is 0 Å². The average molecular weight is 467 g/mol. The monoisotopic (exact) mass is 466 g/mol. The minimum atomic E-state index is 0.193. The number of benzene rings is 1. The maximum Gasteiger partial charge on any atom is 0.254 e. The van der Waals surface area contributed by atoms with Crippen LogP contribution in [-0.4, -0.2) is 66.4 Å². The quantitative estimate of drug-likeness (QED) is 0.638. The van der Waals surface area contributed by atoms with Gasteiger partial charge in [0.1, 0.15) is 6.61 Å². The van der Waals surface area contributed by atoms with Gasteiger partial charge in [-0.25, -0.2) is 0 Å². The summed E-state index contributed by atoms with van der Waals surface area (Å²) in [6.07, 6.45) is 11.8. The molecule has 3 saturated heterocycles. The van der Waals surface area contributed by atoms with Crippen LogP contribution in [-0.2, 0) is 9.53 Å². The topological polar surface area (TPSA) is 49.9 Å². The molecule has 4 fully saturated rings. The summed E-state index contributed by atoms with van der Waals surface area (Å²) in [5.74, 6) is 2.55. The average Bonchev–Trinajstić information content (AvgIpc) is 2.87. The number of hydrogen-bond acceptors (Lipinski definition) is 4. The number of ketones is 1. The SMILES string of the molecule is Cc1ccccc1C(=O)N1CCC(N2CCC(C3CCC(=O)CO[C@H]4CCCC[C@H]34)CC2)CC1. The molecule has 1 amide bonds. The number of amides is 1. The minimum absolute atomic E-state index is 0.193. The maximum absolute atomic E-state index is 13.0. The molecule has 0 radical (unpaired) electrons. The Hall–Kier alpha value is -1.72. The highest BCUT2D eigenvalue weighted by Gasteiger charge is 2.40. The second-order valence-corrected chi connectivity index (χ2v) is 11.3. The highest BCUT2D eigenvalue weighted by molar-refractivity contribution is 5.95. The Morgan fingerprint density at radius 3 is 2.38 bits per heavy atom. The Labute approximate surface area is 205 Å². The second-order valence-electron chi connectivity index (χ2n) is 11.3. The van der Waals surface area contributed by atoms with Crippen LogP contribution < -0.4 is 0 Å². The lowest BCUT2D eigenvalue weighted by Crippen LogP contribution is -2.50. The number of fused-ring (bicyclic) bond motifs is 1. The largest absolute Gasteiger partial charge is 0.370 e. The van der Waals surface area contributed by atoms with Gasteiger partial charge >= 0.3 is 0 Å². The van der Waals surface area contributed by atoms with Gasteiger partial charge in [-0.2, -0.15) is 0 Å². The molecule has 0 aromatic heterocycles. The lowest BCUT2D eigenvalue weighted by Gasteiger charge is -2.46. The Morgan fingerprint density at radius 2 is 1.62 bits per heavy atom. The molecule has 3 aliphatic heterocycles. The van der Waals surface area contributed by atoms with Crippen LogP contribution in [0.4, 0.5) is 0 Å². The molecule has 186 valence electrons. The van der Waals surface area contributed by atoms with Crippen molar-refractivity contribution < 1.29 is 14.3 Å². The molecule has 3 heterocycles. The van der Waals surface area contributed by atoms with Crippen LogP contribution in [0.2, 0.25) is 0 Å². The first-order chi connectivity index (χ1) is 16.6. The highest BCUT2D eigenvalue weighted by atomic mass is 16.5. The van der Waals surface area contributed by atoms with E-state index in [1.807, 2.05) is 31.2 Å². The molecule has 3 atom stereocenters. The molecule has 34 heavy (non-hydrogen) atoms. The number of likely N-dealkylation sites (tertiary alicyclic amines) is 2. The zero-order valence-electron chi connectivity index (χ0n) is 20.9. The van der Waals surface area contributed by atoms with Gasteiger partial charge in [-0.1, -0.05) is 31.0 Å². The summed E-state index contributed by atoms with van der Waals surface area (Å²) in [4.78, 5) is 30.0. The molecular formula is C29H42N2O3. The Kier molecular flexibility index (Phi) is 7.70. The second kappa shape index (κ2) is 10.9. The summed E-state index contributed by atoms with van der Waals surface area (Å²) in [5.41, 5.74) is 1.92. The van der Waals surface area contributed by atoms with E-state index in [9.17, 15) is 9.59 Å². The third kappa shape index (κ3) is 5.26. The van der Waals surface area contributed by atoms with Crippen molar-refractivity contribution in [1.82, 2.24) is 9.80 Å². The summed E-state index contributed by atoms with van der Waals surface area (Å²) in [5, 5.41) is 0. The zero-order valence-corrected chi connectivity index (χ0v) is 20.9. The Bertz CT molecular complexity index is 855. The zero-order chi connectivity index (χ0) is 23.5. The van der Waals surface area contributed by atoms with Crippen molar-refractivity contribution in [1.29, 1.82) is 0 Å². The first-order valence-corrected chi connectivity index (χ1v) is 13.8. The Balaban J connectivity index is 1.14. The number of carbonyl (C=O) groups is 2. The number of Topliss-reactive ketones (excluding diaryl/α,β-unsaturated/α-hetero) is 1. The first kappa shape index (κ1) is 24.0. The van der Waals surface area contributed by atoms with E-state index in [1.165, 1.54) is 45.2 Å². The fourth-order valence-corrected chi connectivity index (χ4v) is 7.35. The number of hydrogen-bond donors (Lipinski definition) is 0. The van der Waals surface area contributed by atoms with E-state index in [0.29, 0.717) is 42.8 Å². The van der Waals surface area contributed by atoms with Crippen LogP contribution in [0.15, 0.2) is 24.3 Å². The van der Waals surface area contributed by atoms with Gasteiger partial charge in [-0.3, -0.25) is 9.59 Å². The van der Waals surface area contributed by atoms with Crippen molar-refractivity contribution in [2.24, 2.45) is 17.8 Å². The van der Waals surface area contributed by atoms with Gasteiger partial charge < -0.3 is 14.5 Å². The molecule has 0 N–H and O–H groups in total. The molecule has 1 aromatic carbocycles. The van der Waals surface area contributed by atoms with Gasteiger partial charge in [-0.15, -0.1) is 0 Å². The lowest BCUT2D eigenvalue weighted by atomic mass is 9.67. The molecule has 5 nitrogen and oxygen atoms in total. The van der Waals surface area contributed by atoms with Gasteiger partial charge in [-0.05, 0) is 94.3 Å². The third-order valence-electron chi connectivity index (χ3n) is 9.34. The van der Waals surface area contributed by atoms with Crippen LogP contribution in [0.25, 0.3) is 0 Å². The van der Waals surface area contributed by atoms with Crippen molar-refractivity contribution in [3.05, 3.63) is 35.4 Å². The van der Waals surface area contributed by atoms with Crippen molar-refractivity contribution >= 4 is 11.7 Å². The van der Waals surface area contributed by atoms with Gasteiger partial charge in [0.25, 0.3) is 5.91 Å². The molecule has 0 bridgehead atoms. The van der Waals surface area contributed by atoms with E-state index < -0.39 is 0 Å². The van der Waals surface area contributed by atoms with Crippen molar-refractivity contribution in [3.8, 4) is 0 Å². The number of nitrogens with zero attached hydrogens (tertiary/aromatic N) is 2. The molecule has 1 saturated carbocycles. The van der Waals surface area contributed by atoms with E-state index in [1.54, 1.807) is 0 Å². The van der Waals surface area contributed by atoms with Gasteiger partial charge in [0.2, 0.25) is 0 Å². The molecule has 1 aromatic rings. The van der Waals surface area contributed by atoms with E-state index in [-0.39, 0.29) is 5.91 Å². The van der Waals surface area contributed by atoms with E-state index in [4.69, 9.17) is 4.74 Å². The minimum Gasteiger partial charge on any atom is -0.370 e. The molecule has 5 rings (SSSR count). The molecule has 4 aliphatic rings. The van der Waals surface area contributed by atoms with Gasteiger partial charge in [0.05, 0.1) is 6.10 Å². The predicted octanol–water partition coefficient (Wildman–Crippen LogP) is 4.87. The van der Waals surface area contributed by atoms with Crippen molar-refractivity contribution in [2.45, 2.75) is 83.3 Å². The first-order valence-electron chi connectivity index (χ1n) is 13.8. The predicted molar refractivity (Wildman–Crippen MR) is 134 cm³/mol. The van der Waals surface area contributed by atoms with E-state index in [2.05, 4.69) is 9.80 Å². The fraction of sp³-hybridized carbons (Fsp3) is 0.724. The smallest absolute Gasteiger partial charge is 0.254 e. The number of carbonyl (C=O) groups excluding carboxylic acids is 2. The van der Waals surface area contributed by atoms with Crippen molar-refractivity contribution in [3.63, 3.8) is 0 Å². The molecule has 5 heteroatoms. The van der Waals surface area contributed by atoms with Crippen LogP contribution in [0.5, 0.6) is 0 Å². The molecule has 1 aliphatic carbocycles. The fourth-order valence-electron chi connectivity index (χ4n) is 7.35. The summed E-state index contributed by atoms with van der Waals surface area (Å²) < 4.78 is 6.11. The number of rotatable bonds is 3. The number of piperidine rings is 2. The highest BCUT2D eigenvalue weighted by Crippen LogP contribution is 2.43. The summed E-state index contributed by atoms with van der Waals surface area (Å²) in [7, 11) is 0. The summed E-state index contributed by atoms with van der Waals surface area (Å²) >= 11 is 0. The normalized spacial score (nSPS) is 30.4. The Morgan fingerprint density at radius 1 is 0.882 bits per heavy atom. The van der Waals surface area contributed by atoms with Crippen molar-refractivity contribution in [2.75, 3.05) is 32.8 Å². The molecule has 0 spiro atoms. The van der Waals surface area contributed by atoms with Crippen LogP contribution in [0.1, 0.15) is 80.1 Å². The van der Waals surface area contributed by atoms with Gasteiger partial charge in [0.15, 0.2) is 5.78 Å².